The van der Waals surface area contributed by atoms with Gasteiger partial charge in [-0.25, -0.2) is 13.1 Å². The van der Waals surface area contributed by atoms with Crippen molar-refractivity contribution in [1.82, 2.24) is 9.71 Å². The van der Waals surface area contributed by atoms with Gasteiger partial charge in [-0.2, -0.15) is 0 Å². The van der Waals surface area contributed by atoms with Crippen molar-refractivity contribution < 1.29 is 8.42 Å². The number of halogens is 1. The van der Waals surface area contributed by atoms with E-state index in [9.17, 15) is 8.42 Å². The fourth-order valence-electron chi connectivity index (χ4n) is 1.74. The van der Waals surface area contributed by atoms with Gasteiger partial charge >= 0.3 is 0 Å². The van der Waals surface area contributed by atoms with Gasteiger partial charge < -0.3 is 0 Å². The maximum atomic E-state index is 11.7. The molecule has 1 heterocycles. The third-order valence-electron chi connectivity index (χ3n) is 2.87. The Hall–Kier alpha value is -0.460. The average molecular weight is 319 g/mol. The Morgan fingerprint density at radius 2 is 2.24 bits per heavy atom. The van der Waals surface area contributed by atoms with E-state index in [1.807, 2.05) is 6.07 Å². The van der Waals surface area contributed by atoms with Crippen LogP contribution in [0.4, 0.5) is 0 Å². The number of pyridine rings is 1. The molecule has 1 aliphatic rings. The first-order valence-electron chi connectivity index (χ1n) is 5.62. The van der Waals surface area contributed by atoms with Crippen LogP contribution in [0, 0.1) is 5.92 Å². The molecule has 0 unspecified atom stereocenters. The van der Waals surface area contributed by atoms with Crippen molar-refractivity contribution in [2.24, 2.45) is 5.92 Å². The first kappa shape index (κ1) is 13.0. The van der Waals surface area contributed by atoms with Crippen LogP contribution in [0.25, 0.3) is 0 Å². The molecule has 0 aliphatic heterocycles. The van der Waals surface area contributed by atoms with Crippen molar-refractivity contribution in [3.8, 4) is 0 Å². The van der Waals surface area contributed by atoms with Gasteiger partial charge in [0.25, 0.3) is 0 Å². The topological polar surface area (TPSA) is 59.1 Å². The molecule has 2 rings (SSSR count). The van der Waals surface area contributed by atoms with E-state index in [0.717, 1.165) is 22.9 Å². The lowest BCUT2D eigenvalue weighted by Gasteiger charge is -2.18. The fraction of sp³-hybridized carbons (Fsp3) is 0.545. The van der Waals surface area contributed by atoms with Gasteiger partial charge in [0.15, 0.2) is 0 Å². The van der Waals surface area contributed by atoms with E-state index in [1.54, 1.807) is 19.3 Å². The van der Waals surface area contributed by atoms with Gasteiger partial charge in [0.1, 0.15) is 0 Å². The van der Waals surface area contributed by atoms with Gasteiger partial charge in [0.05, 0.1) is 11.8 Å². The third kappa shape index (κ3) is 3.50. The normalized spacial score (nSPS) is 18.0. The Kier molecular flexibility index (Phi) is 3.85. The molecule has 1 saturated carbocycles. The summed E-state index contributed by atoms with van der Waals surface area (Å²) in [7, 11) is -3.18. The number of aromatic nitrogens is 1. The highest BCUT2D eigenvalue weighted by atomic mass is 79.9. The molecule has 0 radical (unpaired) electrons. The SMILES string of the molecule is CCS(=O)(=O)N[C@H](c1cncc(Br)c1)C1CC1. The summed E-state index contributed by atoms with van der Waals surface area (Å²) < 4.78 is 26.9. The maximum absolute atomic E-state index is 11.7. The summed E-state index contributed by atoms with van der Waals surface area (Å²) in [6.45, 7) is 1.64. The molecule has 0 saturated heterocycles. The summed E-state index contributed by atoms with van der Waals surface area (Å²) in [5.74, 6) is 0.518. The van der Waals surface area contributed by atoms with Crippen LogP contribution in [0.1, 0.15) is 31.4 Å². The molecule has 0 bridgehead atoms. The largest absolute Gasteiger partial charge is 0.263 e. The van der Waals surface area contributed by atoms with Crippen LogP contribution in [0.5, 0.6) is 0 Å². The van der Waals surface area contributed by atoms with E-state index in [-0.39, 0.29) is 11.8 Å². The molecule has 1 aromatic rings. The predicted molar refractivity (Wildman–Crippen MR) is 70.0 cm³/mol. The van der Waals surface area contributed by atoms with Crippen molar-refractivity contribution in [3.63, 3.8) is 0 Å². The Morgan fingerprint density at radius 1 is 1.53 bits per heavy atom. The molecule has 0 aromatic carbocycles. The second-order valence-electron chi connectivity index (χ2n) is 4.27. The minimum absolute atomic E-state index is 0.109. The number of nitrogens with zero attached hydrogens (tertiary/aromatic N) is 1. The second kappa shape index (κ2) is 5.04. The smallest absolute Gasteiger partial charge is 0.211 e. The second-order valence-corrected chi connectivity index (χ2v) is 7.23. The number of nitrogens with one attached hydrogen (secondary N) is 1. The standard InChI is InChI=1S/C11H15BrN2O2S/c1-2-17(15,16)14-11(8-3-4-8)9-5-10(12)7-13-6-9/h5-8,11,14H,2-4H2,1H3/t11-/m0/s1. The predicted octanol–water partition coefficient (Wildman–Crippen LogP) is 2.23. The van der Waals surface area contributed by atoms with E-state index in [2.05, 4.69) is 25.6 Å². The first-order chi connectivity index (χ1) is 8.02. The Balaban J connectivity index is 2.24. The molecule has 0 amide bonds. The number of hydrogen-bond acceptors (Lipinski definition) is 3. The minimum Gasteiger partial charge on any atom is -0.263 e. The summed E-state index contributed by atoms with van der Waals surface area (Å²) in [5, 5.41) is 0. The highest BCUT2D eigenvalue weighted by molar-refractivity contribution is 9.10. The summed E-state index contributed by atoms with van der Waals surface area (Å²) >= 11 is 3.36. The zero-order chi connectivity index (χ0) is 12.5. The number of rotatable bonds is 5. The van der Waals surface area contributed by atoms with Crippen molar-refractivity contribution in [3.05, 3.63) is 28.5 Å². The van der Waals surface area contributed by atoms with Crippen LogP contribution in [-0.4, -0.2) is 19.2 Å². The minimum atomic E-state index is -3.18. The highest BCUT2D eigenvalue weighted by Crippen LogP contribution is 2.41. The molecule has 1 aromatic heterocycles. The molecule has 6 heteroatoms. The molecule has 1 aliphatic carbocycles. The van der Waals surface area contributed by atoms with Gasteiger partial charge in [-0.15, -0.1) is 0 Å². The highest BCUT2D eigenvalue weighted by Gasteiger charge is 2.34. The van der Waals surface area contributed by atoms with Crippen molar-refractivity contribution in [2.45, 2.75) is 25.8 Å². The zero-order valence-electron chi connectivity index (χ0n) is 9.56. The lowest BCUT2D eigenvalue weighted by Crippen LogP contribution is -2.31. The zero-order valence-corrected chi connectivity index (χ0v) is 12.0. The van der Waals surface area contributed by atoms with E-state index in [0.29, 0.717) is 5.92 Å². The van der Waals surface area contributed by atoms with Crippen molar-refractivity contribution in [2.75, 3.05) is 5.75 Å². The third-order valence-corrected chi connectivity index (χ3v) is 4.67. The van der Waals surface area contributed by atoms with Gasteiger partial charge in [-0.05, 0) is 53.2 Å². The van der Waals surface area contributed by atoms with E-state index < -0.39 is 10.0 Å². The van der Waals surface area contributed by atoms with Crippen LogP contribution in [0.15, 0.2) is 22.9 Å². The van der Waals surface area contributed by atoms with Crippen molar-refractivity contribution >= 4 is 26.0 Å². The van der Waals surface area contributed by atoms with Crippen molar-refractivity contribution in [1.29, 1.82) is 0 Å². The molecule has 1 atom stereocenters. The Bertz CT molecular complexity index is 500. The first-order valence-corrected chi connectivity index (χ1v) is 8.07. The molecule has 4 nitrogen and oxygen atoms in total. The van der Waals surface area contributed by atoms with Gasteiger partial charge in [-0.3, -0.25) is 4.98 Å². The van der Waals surface area contributed by atoms with Gasteiger partial charge in [0, 0.05) is 16.9 Å². The molecular weight excluding hydrogens is 304 g/mol. The van der Waals surface area contributed by atoms with Crippen LogP contribution in [0.3, 0.4) is 0 Å². The molecule has 94 valence electrons. The van der Waals surface area contributed by atoms with Crippen LogP contribution >= 0.6 is 15.9 Å². The monoisotopic (exact) mass is 318 g/mol. The number of hydrogen-bond donors (Lipinski definition) is 1. The summed E-state index contributed by atoms with van der Waals surface area (Å²) in [6.07, 6.45) is 5.57. The molecule has 1 fully saturated rings. The summed E-state index contributed by atoms with van der Waals surface area (Å²) in [4.78, 5) is 4.09. The van der Waals surface area contributed by atoms with Gasteiger partial charge in [-0.1, -0.05) is 0 Å². The van der Waals surface area contributed by atoms with E-state index in [4.69, 9.17) is 0 Å². The quantitative estimate of drug-likeness (QED) is 0.905. The van der Waals surface area contributed by atoms with Crippen LogP contribution < -0.4 is 4.72 Å². The molecule has 1 N–H and O–H groups in total. The Morgan fingerprint density at radius 3 is 2.76 bits per heavy atom. The van der Waals surface area contributed by atoms with Gasteiger partial charge in [0.2, 0.25) is 10.0 Å². The number of sulfonamides is 1. The Labute approximate surface area is 110 Å². The van der Waals surface area contributed by atoms with E-state index >= 15 is 0 Å². The van der Waals surface area contributed by atoms with Crippen LogP contribution in [-0.2, 0) is 10.0 Å². The maximum Gasteiger partial charge on any atom is 0.211 e. The molecule has 0 spiro atoms. The fourth-order valence-corrected chi connectivity index (χ4v) is 3.01. The van der Waals surface area contributed by atoms with E-state index in [1.165, 1.54) is 0 Å². The lowest BCUT2D eigenvalue weighted by molar-refractivity contribution is 0.529. The molecular formula is C11H15BrN2O2S. The van der Waals surface area contributed by atoms with Crippen LogP contribution in [0.2, 0.25) is 0 Å². The summed E-state index contributed by atoms with van der Waals surface area (Å²) in [5.41, 5.74) is 0.930. The molecule has 17 heavy (non-hydrogen) atoms. The average Bonchev–Trinajstić information content (AvgIpc) is 3.10. The lowest BCUT2D eigenvalue weighted by atomic mass is 10.1. The summed E-state index contributed by atoms with van der Waals surface area (Å²) in [6, 6.07) is 1.79.